The van der Waals surface area contributed by atoms with E-state index in [-0.39, 0.29) is 11.3 Å². The van der Waals surface area contributed by atoms with Gasteiger partial charge in [0.1, 0.15) is 8.07 Å². The minimum absolute atomic E-state index is 0.147. The molecule has 1 aromatic carbocycles. The Morgan fingerprint density at radius 1 is 0.870 bits per heavy atom. The third-order valence-electron chi connectivity index (χ3n) is 4.16. The van der Waals surface area contributed by atoms with E-state index in [1.165, 1.54) is 0 Å². The summed E-state index contributed by atoms with van der Waals surface area (Å²) in [5, 5.41) is 1.08. The van der Waals surface area contributed by atoms with Gasteiger partial charge in [-0.15, -0.1) is 0 Å². The molecule has 0 aliphatic heterocycles. The molecule has 0 unspecified atom stereocenters. The van der Waals surface area contributed by atoms with Gasteiger partial charge in [-0.3, -0.25) is 0 Å². The lowest BCUT2D eigenvalue weighted by molar-refractivity contribution is -0.142. The van der Waals surface area contributed by atoms with Gasteiger partial charge >= 0.3 is 12.4 Å². The highest BCUT2D eigenvalue weighted by Crippen LogP contribution is 2.36. The van der Waals surface area contributed by atoms with E-state index in [9.17, 15) is 26.3 Å². The first-order chi connectivity index (χ1) is 10.3. The summed E-state index contributed by atoms with van der Waals surface area (Å²) in [6, 6.07) is 1.92. The van der Waals surface area contributed by atoms with Crippen molar-refractivity contribution in [1.82, 2.24) is 0 Å². The van der Waals surface area contributed by atoms with Crippen LogP contribution in [0.25, 0.3) is 0 Å². The van der Waals surface area contributed by atoms with Crippen LogP contribution in [0.1, 0.15) is 24.5 Å². The van der Waals surface area contributed by atoms with Crippen LogP contribution in [-0.4, -0.2) is 8.07 Å². The normalized spacial score (nSPS) is 16.4. The largest absolute Gasteiger partial charge is 0.416 e. The number of hydrogen-bond donors (Lipinski definition) is 0. The topological polar surface area (TPSA) is 0 Å². The zero-order valence-corrected chi connectivity index (χ0v) is 13.9. The zero-order valence-electron chi connectivity index (χ0n) is 12.9. The number of halogens is 6. The molecule has 0 saturated heterocycles. The molecular weight excluding hydrogens is 334 g/mol. The third kappa shape index (κ3) is 3.71. The predicted molar refractivity (Wildman–Crippen MR) is 80.0 cm³/mol. The van der Waals surface area contributed by atoms with Gasteiger partial charge in [0.25, 0.3) is 0 Å². The van der Waals surface area contributed by atoms with E-state index in [2.05, 4.69) is 0 Å². The molecule has 0 N–H and O–H groups in total. The summed E-state index contributed by atoms with van der Waals surface area (Å²) in [5.74, 6) is 0. The number of hydrogen-bond acceptors (Lipinski definition) is 0. The van der Waals surface area contributed by atoms with E-state index in [1.54, 1.807) is 13.1 Å². The third-order valence-corrected chi connectivity index (χ3v) is 7.84. The van der Waals surface area contributed by atoms with E-state index in [0.29, 0.717) is 6.42 Å². The first-order valence-electron chi connectivity index (χ1n) is 6.99. The summed E-state index contributed by atoms with van der Waals surface area (Å²) in [4.78, 5) is 0. The Morgan fingerprint density at radius 2 is 1.35 bits per heavy atom. The predicted octanol–water partition coefficient (Wildman–Crippen LogP) is 5.46. The monoisotopic (exact) mass is 350 g/mol. The second-order valence-corrected chi connectivity index (χ2v) is 10.7. The average molecular weight is 350 g/mol. The lowest BCUT2D eigenvalue weighted by atomic mass is 10.1. The van der Waals surface area contributed by atoms with E-state index >= 15 is 0 Å². The highest BCUT2D eigenvalue weighted by molar-refractivity contribution is 6.95. The molecule has 0 heterocycles. The lowest BCUT2D eigenvalue weighted by Crippen LogP contribution is -2.44. The highest BCUT2D eigenvalue weighted by atomic mass is 28.3. The van der Waals surface area contributed by atoms with Crippen molar-refractivity contribution in [1.29, 1.82) is 0 Å². The van der Waals surface area contributed by atoms with Crippen LogP contribution in [0.4, 0.5) is 26.3 Å². The second-order valence-electron chi connectivity index (χ2n) is 6.24. The summed E-state index contributed by atoms with van der Waals surface area (Å²) in [5.41, 5.74) is -1.50. The Morgan fingerprint density at radius 3 is 1.70 bits per heavy atom. The standard InChI is InChI=1S/C16H16F6Si/c1-10-4-5-13(6-10)23(2,3)14-8-11(15(17,18)19)7-12(9-14)16(20,21)22/h4,6-9H,5H2,1-3H3. The average Bonchev–Trinajstić information content (AvgIpc) is 2.83. The maximum Gasteiger partial charge on any atom is 0.416 e. The van der Waals surface area contributed by atoms with E-state index in [4.69, 9.17) is 0 Å². The van der Waals surface area contributed by atoms with Crippen LogP contribution < -0.4 is 5.19 Å². The van der Waals surface area contributed by atoms with Crippen LogP contribution in [-0.2, 0) is 12.4 Å². The van der Waals surface area contributed by atoms with Crippen LogP contribution >= 0.6 is 0 Å². The molecule has 0 aromatic heterocycles. The summed E-state index contributed by atoms with van der Waals surface area (Å²) < 4.78 is 77.9. The Balaban J connectivity index is 2.60. The number of allylic oxidation sites excluding steroid dienone is 4. The molecule has 1 aliphatic rings. The molecule has 7 heteroatoms. The van der Waals surface area contributed by atoms with Crippen molar-refractivity contribution in [3.05, 3.63) is 52.2 Å². The first kappa shape index (κ1) is 17.8. The molecule has 2 rings (SSSR count). The Bertz CT molecular complexity index is 645. The minimum atomic E-state index is -4.81. The molecule has 0 bridgehead atoms. The van der Waals surface area contributed by atoms with E-state index in [1.807, 2.05) is 19.1 Å². The number of rotatable bonds is 2. The van der Waals surface area contributed by atoms with Crippen molar-refractivity contribution in [2.45, 2.75) is 38.8 Å². The van der Waals surface area contributed by atoms with Gasteiger partial charge in [-0.05, 0) is 19.4 Å². The number of alkyl halides is 6. The van der Waals surface area contributed by atoms with Gasteiger partial charge in [-0.1, -0.05) is 53.3 Å². The molecule has 0 spiro atoms. The number of benzene rings is 1. The molecule has 1 aliphatic carbocycles. The highest BCUT2D eigenvalue weighted by Gasteiger charge is 2.39. The van der Waals surface area contributed by atoms with Crippen LogP contribution in [0.5, 0.6) is 0 Å². The van der Waals surface area contributed by atoms with Gasteiger partial charge in [-0.25, -0.2) is 0 Å². The van der Waals surface area contributed by atoms with Gasteiger partial charge < -0.3 is 0 Å². The Hall–Kier alpha value is -1.50. The van der Waals surface area contributed by atoms with Crippen LogP contribution in [0.15, 0.2) is 41.1 Å². The molecular formula is C16H16F6Si. The van der Waals surface area contributed by atoms with Crippen molar-refractivity contribution < 1.29 is 26.3 Å². The molecule has 0 atom stereocenters. The van der Waals surface area contributed by atoms with Crippen LogP contribution in [0.3, 0.4) is 0 Å². The van der Waals surface area contributed by atoms with Gasteiger partial charge in [0, 0.05) is 0 Å². The fourth-order valence-corrected chi connectivity index (χ4v) is 5.20. The molecule has 1 aromatic rings. The quantitative estimate of drug-likeness (QED) is 0.491. The Kier molecular flexibility index (Phi) is 4.30. The van der Waals surface area contributed by atoms with Crippen molar-refractivity contribution in [3.8, 4) is 0 Å². The van der Waals surface area contributed by atoms with Gasteiger partial charge in [0.15, 0.2) is 0 Å². The van der Waals surface area contributed by atoms with Gasteiger partial charge in [0.2, 0.25) is 0 Å². The fraction of sp³-hybridized carbons (Fsp3) is 0.375. The summed E-state index contributed by atoms with van der Waals surface area (Å²) >= 11 is 0. The molecule has 23 heavy (non-hydrogen) atoms. The molecule has 126 valence electrons. The van der Waals surface area contributed by atoms with Crippen LogP contribution in [0, 0.1) is 0 Å². The van der Waals surface area contributed by atoms with Gasteiger partial charge in [-0.2, -0.15) is 26.3 Å². The zero-order chi connectivity index (χ0) is 17.6. The summed E-state index contributed by atoms with van der Waals surface area (Å²) in [6.07, 6.45) is -5.22. The van der Waals surface area contributed by atoms with Crippen molar-refractivity contribution in [2.24, 2.45) is 0 Å². The summed E-state index contributed by atoms with van der Waals surface area (Å²) in [6.45, 7) is 5.42. The lowest BCUT2D eigenvalue weighted by Gasteiger charge is -2.27. The SMILES string of the molecule is CC1=CCC([Si](C)(C)c2cc(C(F)(F)F)cc(C(F)(F)F)c2)=C1. The molecule has 0 nitrogen and oxygen atoms in total. The van der Waals surface area contributed by atoms with Crippen LogP contribution in [0.2, 0.25) is 13.1 Å². The van der Waals surface area contributed by atoms with Gasteiger partial charge in [0.05, 0.1) is 11.1 Å². The summed E-state index contributed by atoms with van der Waals surface area (Å²) in [7, 11) is -2.60. The van der Waals surface area contributed by atoms with Crippen molar-refractivity contribution in [2.75, 3.05) is 0 Å². The second kappa shape index (κ2) is 5.54. The smallest absolute Gasteiger partial charge is 0.166 e. The van der Waals surface area contributed by atoms with E-state index in [0.717, 1.165) is 22.9 Å². The molecule has 0 radical (unpaired) electrons. The molecule has 0 amide bonds. The fourth-order valence-electron chi connectivity index (χ4n) is 2.60. The maximum atomic E-state index is 13.0. The minimum Gasteiger partial charge on any atom is -0.166 e. The maximum absolute atomic E-state index is 13.0. The first-order valence-corrected chi connectivity index (χ1v) is 9.99. The van der Waals surface area contributed by atoms with E-state index < -0.39 is 31.6 Å². The van der Waals surface area contributed by atoms with Crippen molar-refractivity contribution in [3.63, 3.8) is 0 Å². The Labute approximate surface area is 131 Å². The molecule has 0 fully saturated rings. The molecule has 0 saturated carbocycles. The van der Waals surface area contributed by atoms with Crippen molar-refractivity contribution >= 4 is 13.3 Å².